The highest BCUT2D eigenvalue weighted by Crippen LogP contribution is 2.16. The molecule has 2 rings (SSSR count). The predicted octanol–water partition coefficient (Wildman–Crippen LogP) is 0.415. The van der Waals surface area contributed by atoms with Gasteiger partial charge in [-0.15, -0.1) is 0 Å². The molecule has 2 aromatic heterocycles. The fourth-order valence-electron chi connectivity index (χ4n) is 1.65. The van der Waals surface area contributed by atoms with Crippen molar-refractivity contribution in [3.63, 3.8) is 0 Å². The fourth-order valence-corrected chi connectivity index (χ4v) is 1.86. The molecule has 0 saturated heterocycles. The van der Waals surface area contributed by atoms with Crippen molar-refractivity contribution in [2.24, 2.45) is 7.05 Å². The summed E-state index contributed by atoms with van der Waals surface area (Å²) in [4.78, 5) is 23.1. The van der Waals surface area contributed by atoms with Gasteiger partial charge in [-0.2, -0.15) is 10.2 Å². The van der Waals surface area contributed by atoms with Crippen molar-refractivity contribution in [1.29, 1.82) is 0 Å². The topological polar surface area (TPSA) is 91.0 Å². The molecule has 0 amide bonds. The van der Waals surface area contributed by atoms with Gasteiger partial charge in [0.05, 0.1) is 25.2 Å². The molecule has 0 saturated carbocycles. The summed E-state index contributed by atoms with van der Waals surface area (Å²) in [6.07, 6.45) is 4.93. The summed E-state index contributed by atoms with van der Waals surface area (Å²) in [5.74, 6) is -0.572. The molecule has 0 unspecified atom stereocenters. The summed E-state index contributed by atoms with van der Waals surface area (Å²) in [7, 11) is 3.05. The van der Waals surface area contributed by atoms with E-state index in [4.69, 9.17) is 11.6 Å². The molecule has 2 aromatic rings. The van der Waals surface area contributed by atoms with Crippen LogP contribution in [0.25, 0.3) is 0 Å². The minimum Gasteiger partial charge on any atom is -0.468 e. The van der Waals surface area contributed by atoms with Gasteiger partial charge in [-0.05, 0) is 0 Å². The van der Waals surface area contributed by atoms with Gasteiger partial charge in [-0.3, -0.25) is 14.3 Å². The van der Waals surface area contributed by atoms with Crippen LogP contribution in [0.2, 0.25) is 5.02 Å². The third-order valence-electron chi connectivity index (χ3n) is 2.73. The Morgan fingerprint density at radius 2 is 2.19 bits per heavy atom. The Hall–Kier alpha value is -2.35. The third-order valence-corrected chi connectivity index (χ3v) is 3.10. The van der Waals surface area contributed by atoms with Gasteiger partial charge in [0.1, 0.15) is 11.6 Å². The monoisotopic (exact) mass is 311 g/mol. The first-order valence-electron chi connectivity index (χ1n) is 6.05. The second-order valence-corrected chi connectivity index (χ2v) is 4.66. The number of esters is 1. The fraction of sp³-hybridized carbons (Fsp3) is 0.333. The van der Waals surface area contributed by atoms with Gasteiger partial charge in [-0.1, -0.05) is 11.6 Å². The van der Waals surface area contributed by atoms with Crippen LogP contribution >= 0.6 is 11.6 Å². The van der Waals surface area contributed by atoms with E-state index in [1.54, 1.807) is 10.9 Å². The van der Waals surface area contributed by atoms with Gasteiger partial charge in [-0.25, -0.2) is 4.68 Å². The third kappa shape index (κ3) is 3.60. The zero-order valence-corrected chi connectivity index (χ0v) is 12.3. The van der Waals surface area contributed by atoms with Gasteiger partial charge in [0, 0.05) is 25.4 Å². The molecule has 0 aliphatic carbocycles. The summed E-state index contributed by atoms with van der Waals surface area (Å²) in [5, 5.41) is 10.9. The van der Waals surface area contributed by atoms with Crippen LogP contribution in [0, 0.1) is 0 Å². The Balaban J connectivity index is 2.13. The molecule has 112 valence electrons. The van der Waals surface area contributed by atoms with E-state index in [0.717, 1.165) is 10.2 Å². The number of anilines is 1. The zero-order valence-electron chi connectivity index (χ0n) is 11.5. The highest BCUT2D eigenvalue weighted by atomic mass is 35.5. The maximum Gasteiger partial charge on any atom is 0.327 e. The number of rotatable bonds is 5. The number of aryl methyl sites for hydroxylation is 1. The molecule has 0 spiro atoms. The lowest BCUT2D eigenvalue weighted by Crippen LogP contribution is -2.28. The smallest absolute Gasteiger partial charge is 0.327 e. The molecule has 21 heavy (non-hydrogen) atoms. The second kappa shape index (κ2) is 6.40. The van der Waals surface area contributed by atoms with Crippen LogP contribution in [0.4, 0.5) is 5.69 Å². The van der Waals surface area contributed by atoms with Crippen molar-refractivity contribution in [3.8, 4) is 0 Å². The van der Waals surface area contributed by atoms with Crippen LogP contribution in [0.15, 0.2) is 23.4 Å². The number of methoxy groups -OCH3 is 1. The van der Waals surface area contributed by atoms with E-state index in [0.29, 0.717) is 12.2 Å². The Kier molecular flexibility index (Phi) is 4.59. The summed E-state index contributed by atoms with van der Waals surface area (Å²) in [5.41, 5.74) is 0.775. The van der Waals surface area contributed by atoms with Crippen molar-refractivity contribution in [3.05, 3.63) is 39.5 Å². The molecule has 1 N–H and O–H groups in total. The Labute approximate surface area is 125 Å². The SMILES string of the molecule is COC(=O)Cn1ncc(NCc2cnn(C)c2)c(Cl)c1=O. The summed E-state index contributed by atoms with van der Waals surface area (Å²) in [6.45, 7) is 0.174. The molecule has 8 nitrogen and oxygen atoms in total. The highest BCUT2D eigenvalue weighted by molar-refractivity contribution is 6.32. The van der Waals surface area contributed by atoms with E-state index in [1.165, 1.54) is 13.3 Å². The molecular weight excluding hydrogens is 298 g/mol. The van der Waals surface area contributed by atoms with Crippen molar-refractivity contribution in [2.45, 2.75) is 13.1 Å². The summed E-state index contributed by atoms with van der Waals surface area (Å²) >= 11 is 5.99. The number of hydrogen-bond acceptors (Lipinski definition) is 6. The van der Waals surface area contributed by atoms with E-state index in [2.05, 4.69) is 20.3 Å². The first-order chi connectivity index (χ1) is 10.0. The Bertz CT molecular complexity index is 709. The number of ether oxygens (including phenoxy) is 1. The largest absolute Gasteiger partial charge is 0.468 e. The summed E-state index contributed by atoms with van der Waals surface area (Å²) < 4.78 is 7.10. The number of hydrogen-bond donors (Lipinski definition) is 1. The molecule has 0 aliphatic rings. The Morgan fingerprint density at radius 1 is 1.43 bits per heavy atom. The number of carbonyl (C=O) groups excluding carboxylic acids is 1. The Morgan fingerprint density at radius 3 is 2.81 bits per heavy atom. The molecule has 0 bridgehead atoms. The highest BCUT2D eigenvalue weighted by Gasteiger charge is 2.12. The van der Waals surface area contributed by atoms with E-state index >= 15 is 0 Å². The number of halogens is 1. The first-order valence-corrected chi connectivity index (χ1v) is 6.43. The van der Waals surface area contributed by atoms with Crippen molar-refractivity contribution in [1.82, 2.24) is 19.6 Å². The second-order valence-electron chi connectivity index (χ2n) is 4.29. The lowest BCUT2D eigenvalue weighted by Gasteiger charge is -2.08. The van der Waals surface area contributed by atoms with Crippen LogP contribution in [0.1, 0.15) is 5.56 Å². The lowest BCUT2D eigenvalue weighted by atomic mass is 10.3. The molecule has 0 fully saturated rings. The average Bonchev–Trinajstić information content (AvgIpc) is 2.88. The van der Waals surface area contributed by atoms with Crippen LogP contribution in [-0.4, -0.2) is 32.6 Å². The number of aromatic nitrogens is 4. The molecule has 9 heteroatoms. The minimum absolute atomic E-state index is 0.0298. The normalized spacial score (nSPS) is 10.4. The standard InChI is InChI=1S/C12H14ClN5O3/c1-17-6-8(4-15-17)3-14-9-5-16-18(7-10(19)21-2)12(20)11(9)13/h4-6,14H,3,7H2,1-2H3. The molecular formula is C12H14ClN5O3. The first kappa shape index (κ1) is 15.0. The van der Waals surface area contributed by atoms with Crippen LogP contribution in [-0.2, 0) is 29.7 Å². The molecule has 0 atom stereocenters. The van der Waals surface area contributed by atoms with Gasteiger partial charge >= 0.3 is 5.97 Å². The number of carbonyl (C=O) groups is 1. The van der Waals surface area contributed by atoms with Crippen LogP contribution < -0.4 is 10.9 Å². The maximum atomic E-state index is 12.0. The van der Waals surface area contributed by atoms with E-state index in [9.17, 15) is 9.59 Å². The molecule has 0 aliphatic heterocycles. The molecule has 0 aromatic carbocycles. The maximum absolute atomic E-state index is 12.0. The van der Waals surface area contributed by atoms with Crippen LogP contribution in [0.5, 0.6) is 0 Å². The summed E-state index contributed by atoms with van der Waals surface area (Å²) in [6, 6.07) is 0. The number of nitrogens with one attached hydrogen (secondary N) is 1. The van der Waals surface area contributed by atoms with Gasteiger partial charge in [0.25, 0.3) is 5.56 Å². The van der Waals surface area contributed by atoms with Gasteiger partial charge < -0.3 is 10.1 Å². The van der Waals surface area contributed by atoms with Crippen LogP contribution in [0.3, 0.4) is 0 Å². The quantitative estimate of drug-likeness (QED) is 0.805. The van der Waals surface area contributed by atoms with Crippen molar-refractivity contribution < 1.29 is 9.53 Å². The predicted molar refractivity (Wildman–Crippen MR) is 76.1 cm³/mol. The number of nitrogens with zero attached hydrogens (tertiary/aromatic N) is 4. The minimum atomic E-state index is -0.572. The average molecular weight is 312 g/mol. The van der Waals surface area contributed by atoms with Crippen molar-refractivity contribution >= 4 is 23.3 Å². The zero-order chi connectivity index (χ0) is 15.4. The van der Waals surface area contributed by atoms with E-state index in [1.807, 2.05) is 13.2 Å². The van der Waals surface area contributed by atoms with Gasteiger partial charge in [0.2, 0.25) is 0 Å². The van der Waals surface area contributed by atoms with Gasteiger partial charge in [0.15, 0.2) is 0 Å². The molecule has 2 heterocycles. The van der Waals surface area contributed by atoms with Crippen molar-refractivity contribution in [2.75, 3.05) is 12.4 Å². The molecule has 0 radical (unpaired) electrons. The van der Waals surface area contributed by atoms with E-state index < -0.39 is 11.5 Å². The van der Waals surface area contributed by atoms with E-state index in [-0.39, 0.29) is 11.6 Å². The lowest BCUT2D eigenvalue weighted by molar-refractivity contribution is -0.141.